The van der Waals surface area contributed by atoms with Crippen LogP contribution in [-0.2, 0) is 6.42 Å². The molecule has 0 spiro atoms. The van der Waals surface area contributed by atoms with Crippen molar-refractivity contribution in [3.05, 3.63) is 29.6 Å². The average Bonchev–Trinajstić information content (AvgIpc) is 1.94. The van der Waals surface area contributed by atoms with Gasteiger partial charge in [0.15, 0.2) is 0 Å². The Morgan fingerprint density at radius 3 is 3.00 bits per heavy atom. The lowest BCUT2D eigenvalue weighted by atomic mass is 10.1. The lowest BCUT2D eigenvalue weighted by Crippen LogP contribution is -1.92. The van der Waals surface area contributed by atoms with Crippen molar-refractivity contribution in [3.63, 3.8) is 0 Å². The van der Waals surface area contributed by atoms with Crippen LogP contribution >= 0.6 is 0 Å². The van der Waals surface area contributed by atoms with Gasteiger partial charge in [-0.3, -0.25) is 9.37 Å². The molecule has 0 aromatic carbocycles. The third-order valence-electron chi connectivity index (χ3n) is 1.48. The van der Waals surface area contributed by atoms with Gasteiger partial charge >= 0.3 is 0 Å². The predicted molar refractivity (Wildman–Crippen MR) is 38.7 cm³/mol. The molecule has 0 fully saturated rings. The van der Waals surface area contributed by atoms with Crippen LogP contribution in [0, 0.1) is 6.92 Å². The molecule has 10 heavy (non-hydrogen) atoms. The van der Waals surface area contributed by atoms with E-state index in [-0.39, 0.29) is 6.67 Å². The minimum absolute atomic E-state index is 0.299. The fraction of sp³-hybridized carbons (Fsp3) is 0.375. The van der Waals surface area contributed by atoms with Gasteiger partial charge in [-0.1, -0.05) is 6.07 Å². The molecule has 0 N–H and O–H groups in total. The van der Waals surface area contributed by atoms with Crippen LogP contribution in [0.2, 0.25) is 0 Å². The SMILES string of the molecule is Cc1ncccc1CCF. The van der Waals surface area contributed by atoms with Crippen molar-refractivity contribution in [2.45, 2.75) is 13.3 Å². The van der Waals surface area contributed by atoms with Gasteiger partial charge in [0.1, 0.15) is 0 Å². The molecule has 0 saturated carbocycles. The summed E-state index contributed by atoms with van der Waals surface area (Å²) in [5.74, 6) is 0. The van der Waals surface area contributed by atoms with Crippen LogP contribution in [0.15, 0.2) is 18.3 Å². The number of rotatable bonds is 2. The lowest BCUT2D eigenvalue weighted by molar-refractivity contribution is 0.494. The zero-order valence-corrected chi connectivity index (χ0v) is 5.97. The molecule has 54 valence electrons. The van der Waals surface area contributed by atoms with E-state index in [0.717, 1.165) is 11.3 Å². The Bertz CT molecular complexity index is 210. The number of pyridine rings is 1. The maximum Gasteiger partial charge on any atom is 0.0935 e. The minimum atomic E-state index is -0.299. The molecule has 0 amide bonds. The molecule has 1 aromatic heterocycles. The zero-order chi connectivity index (χ0) is 7.40. The van der Waals surface area contributed by atoms with Crippen LogP contribution in [0.25, 0.3) is 0 Å². The highest BCUT2D eigenvalue weighted by atomic mass is 19.1. The molecule has 0 radical (unpaired) electrons. The van der Waals surface area contributed by atoms with Crippen molar-refractivity contribution in [3.8, 4) is 0 Å². The van der Waals surface area contributed by atoms with Crippen LogP contribution in [0.4, 0.5) is 4.39 Å². The quantitative estimate of drug-likeness (QED) is 0.609. The summed E-state index contributed by atoms with van der Waals surface area (Å²) in [6.45, 7) is 1.59. The monoisotopic (exact) mass is 139 g/mol. The van der Waals surface area contributed by atoms with Gasteiger partial charge in [-0.25, -0.2) is 0 Å². The first kappa shape index (κ1) is 7.19. The molecule has 0 aliphatic rings. The Morgan fingerprint density at radius 1 is 1.60 bits per heavy atom. The van der Waals surface area contributed by atoms with E-state index in [0.29, 0.717) is 6.42 Å². The number of alkyl halides is 1. The summed E-state index contributed by atoms with van der Waals surface area (Å²) in [6, 6.07) is 3.74. The maximum atomic E-state index is 11.8. The molecule has 0 bridgehead atoms. The number of nitrogens with zero attached hydrogens (tertiary/aromatic N) is 1. The molecule has 0 aliphatic heterocycles. The second kappa shape index (κ2) is 3.30. The van der Waals surface area contributed by atoms with Gasteiger partial charge in [0, 0.05) is 18.3 Å². The number of aromatic nitrogens is 1. The average molecular weight is 139 g/mol. The Labute approximate surface area is 59.9 Å². The highest BCUT2D eigenvalue weighted by Gasteiger charge is 1.95. The Kier molecular flexibility index (Phi) is 2.37. The van der Waals surface area contributed by atoms with Crippen molar-refractivity contribution in [2.75, 3.05) is 6.67 Å². The molecular weight excluding hydrogens is 129 g/mol. The fourth-order valence-electron chi connectivity index (χ4n) is 0.884. The Morgan fingerprint density at radius 2 is 2.40 bits per heavy atom. The predicted octanol–water partition coefficient (Wildman–Crippen LogP) is 1.90. The van der Waals surface area contributed by atoms with Crippen molar-refractivity contribution in [1.82, 2.24) is 4.98 Å². The largest absolute Gasteiger partial charge is 0.261 e. The van der Waals surface area contributed by atoms with Crippen LogP contribution in [0.1, 0.15) is 11.3 Å². The molecule has 0 saturated heterocycles. The summed E-state index contributed by atoms with van der Waals surface area (Å²) in [5, 5.41) is 0. The van der Waals surface area contributed by atoms with Gasteiger partial charge in [0.05, 0.1) is 6.67 Å². The van der Waals surface area contributed by atoms with Crippen molar-refractivity contribution >= 4 is 0 Å². The summed E-state index contributed by atoms with van der Waals surface area (Å²) in [7, 11) is 0. The molecule has 1 heterocycles. The van der Waals surface area contributed by atoms with Crippen LogP contribution in [-0.4, -0.2) is 11.7 Å². The first-order valence-electron chi connectivity index (χ1n) is 3.31. The van der Waals surface area contributed by atoms with E-state index in [1.807, 2.05) is 19.1 Å². The molecular formula is C8H10FN. The van der Waals surface area contributed by atoms with E-state index in [1.165, 1.54) is 0 Å². The van der Waals surface area contributed by atoms with Crippen LogP contribution in [0.5, 0.6) is 0 Å². The fourth-order valence-corrected chi connectivity index (χ4v) is 0.884. The minimum Gasteiger partial charge on any atom is -0.261 e. The van der Waals surface area contributed by atoms with Gasteiger partial charge < -0.3 is 0 Å². The van der Waals surface area contributed by atoms with Crippen molar-refractivity contribution < 1.29 is 4.39 Å². The van der Waals surface area contributed by atoms with Crippen molar-refractivity contribution in [2.24, 2.45) is 0 Å². The van der Waals surface area contributed by atoms with Crippen LogP contribution in [0.3, 0.4) is 0 Å². The van der Waals surface area contributed by atoms with E-state index in [9.17, 15) is 4.39 Å². The molecule has 0 aliphatic carbocycles. The molecule has 0 unspecified atom stereocenters. The van der Waals surface area contributed by atoms with Gasteiger partial charge in [0.2, 0.25) is 0 Å². The maximum absolute atomic E-state index is 11.8. The lowest BCUT2D eigenvalue weighted by Gasteiger charge is -1.98. The molecule has 1 rings (SSSR count). The molecule has 2 heteroatoms. The summed E-state index contributed by atoms with van der Waals surface area (Å²) in [4.78, 5) is 4.03. The Hall–Kier alpha value is -0.920. The highest BCUT2D eigenvalue weighted by molar-refractivity contribution is 5.18. The zero-order valence-electron chi connectivity index (χ0n) is 5.97. The van der Waals surface area contributed by atoms with E-state index in [1.54, 1.807) is 6.20 Å². The topological polar surface area (TPSA) is 12.9 Å². The van der Waals surface area contributed by atoms with Gasteiger partial charge in [0.25, 0.3) is 0 Å². The summed E-state index contributed by atoms with van der Waals surface area (Å²) < 4.78 is 11.8. The summed E-state index contributed by atoms with van der Waals surface area (Å²) in [5.41, 5.74) is 1.94. The first-order chi connectivity index (χ1) is 4.84. The first-order valence-corrected chi connectivity index (χ1v) is 3.31. The third kappa shape index (κ3) is 1.53. The molecule has 1 nitrogen and oxygen atoms in total. The van der Waals surface area contributed by atoms with E-state index in [4.69, 9.17) is 0 Å². The number of aryl methyl sites for hydroxylation is 2. The van der Waals surface area contributed by atoms with Crippen LogP contribution < -0.4 is 0 Å². The number of hydrogen-bond donors (Lipinski definition) is 0. The summed E-state index contributed by atoms with van der Waals surface area (Å²) >= 11 is 0. The van der Waals surface area contributed by atoms with Crippen molar-refractivity contribution in [1.29, 1.82) is 0 Å². The van der Waals surface area contributed by atoms with Gasteiger partial charge in [-0.05, 0) is 18.6 Å². The Balaban J connectivity index is 2.81. The smallest absolute Gasteiger partial charge is 0.0935 e. The number of hydrogen-bond acceptors (Lipinski definition) is 1. The van der Waals surface area contributed by atoms with E-state index >= 15 is 0 Å². The van der Waals surface area contributed by atoms with Gasteiger partial charge in [-0.2, -0.15) is 0 Å². The van der Waals surface area contributed by atoms with E-state index < -0.39 is 0 Å². The summed E-state index contributed by atoms with van der Waals surface area (Å²) in [6.07, 6.45) is 2.21. The third-order valence-corrected chi connectivity index (χ3v) is 1.48. The normalized spacial score (nSPS) is 9.80. The second-order valence-electron chi connectivity index (χ2n) is 2.19. The molecule has 1 aromatic rings. The second-order valence-corrected chi connectivity index (χ2v) is 2.19. The van der Waals surface area contributed by atoms with Gasteiger partial charge in [-0.15, -0.1) is 0 Å². The molecule has 0 atom stereocenters. The van der Waals surface area contributed by atoms with E-state index in [2.05, 4.69) is 4.98 Å². The highest BCUT2D eigenvalue weighted by Crippen LogP contribution is 2.03. The standard InChI is InChI=1S/C8H10FN/c1-7-8(4-5-9)3-2-6-10-7/h2-3,6H,4-5H2,1H3. The number of halogens is 1.